The molecule has 4 aromatic rings. The summed E-state index contributed by atoms with van der Waals surface area (Å²) in [4.78, 5) is 13.3. The van der Waals surface area contributed by atoms with Crippen LogP contribution in [0.3, 0.4) is 0 Å². The lowest BCUT2D eigenvalue weighted by atomic mass is 10.1. The van der Waals surface area contributed by atoms with Gasteiger partial charge in [0.05, 0.1) is 10.6 Å². The fourth-order valence-corrected chi connectivity index (χ4v) is 6.45. The second kappa shape index (κ2) is 9.02. The first-order chi connectivity index (χ1) is 15.7. The number of ketones is 1. The quantitative estimate of drug-likeness (QED) is 0.301. The largest absolute Gasteiger partial charge is 0.396 e. The number of aryl methyl sites for hydroxylation is 2. The number of hydrogen-bond acceptors (Lipinski definition) is 6. The number of nitrogen functional groups attached to an aromatic ring is 1. The van der Waals surface area contributed by atoms with E-state index in [9.17, 15) is 13.2 Å². The number of anilines is 3. The van der Waals surface area contributed by atoms with Gasteiger partial charge in [-0.2, -0.15) is 0 Å². The van der Waals surface area contributed by atoms with Crippen LogP contribution in [0, 0.1) is 13.8 Å². The van der Waals surface area contributed by atoms with Crippen LogP contribution in [0.5, 0.6) is 0 Å². The molecule has 0 unspecified atom stereocenters. The lowest BCUT2D eigenvalue weighted by molar-refractivity contribution is 0.104. The predicted octanol–water partition coefficient (Wildman–Crippen LogP) is 6.41. The van der Waals surface area contributed by atoms with Crippen LogP contribution in [0.2, 0.25) is 5.02 Å². The smallest absolute Gasteiger partial charge is 0.211 e. The van der Waals surface area contributed by atoms with Crippen LogP contribution in [0.15, 0.2) is 82.6 Å². The van der Waals surface area contributed by atoms with Gasteiger partial charge in [0.25, 0.3) is 0 Å². The maximum atomic E-state index is 13.7. The van der Waals surface area contributed by atoms with Gasteiger partial charge < -0.3 is 11.1 Å². The molecule has 168 valence electrons. The van der Waals surface area contributed by atoms with Gasteiger partial charge in [-0.1, -0.05) is 65.7 Å². The van der Waals surface area contributed by atoms with E-state index >= 15 is 0 Å². The molecule has 0 saturated carbocycles. The van der Waals surface area contributed by atoms with E-state index in [2.05, 4.69) is 5.32 Å². The molecular weight excluding hydrogens is 476 g/mol. The third-order valence-electron chi connectivity index (χ3n) is 5.19. The molecule has 5 nitrogen and oxygen atoms in total. The number of nitrogens with two attached hydrogens (primary N) is 1. The summed E-state index contributed by atoms with van der Waals surface area (Å²) >= 11 is 7.17. The molecule has 0 spiro atoms. The van der Waals surface area contributed by atoms with Crippen molar-refractivity contribution in [3.63, 3.8) is 0 Å². The van der Waals surface area contributed by atoms with Crippen LogP contribution >= 0.6 is 22.9 Å². The molecule has 4 rings (SSSR count). The first-order valence-electron chi connectivity index (χ1n) is 10.1. The van der Waals surface area contributed by atoms with Crippen LogP contribution in [-0.2, 0) is 9.84 Å². The molecular formula is C25H21ClN2O3S2. The Morgan fingerprint density at radius 3 is 2.30 bits per heavy atom. The SMILES string of the molecule is Cc1ccc(S(=O)(=O)c2c(Nc3cc(Cl)ccc3C)sc(C(=O)c3ccccc3)c2N)cc1. The van der Waals surface area contributed by atoms with Crippen LogP contribution in [0.1, 0.15) is 26.4 Å². The number of halogens is 1. The molecule has 0 bridgehead atoms. The third-order valence-corrected chi connectivity index (χ3v) is 8.53. The van der Waals surface area contributed by atoms with E-state index in [0.29, 0.717) is 16.3 Å². The summed E-state index contributed by atoms with van der Waals surface area (Å²) in [6.45, 7) is 3.75. The van der Waals surface area contributed by atoms with E-state index in [-0.39, 0.29) is 31.1 Å². The van der Waals surface area contributed by atoms with E-state index < -0.39 is 9.84 Å². The minimum Gasteiger partial charge on any atom is -0.396 e. The molecule has 0 fully saturated rings. The van der Waals surface area contributed by atoms with Gasteiger partial charge in [0.15, 0.2) is 0 Å². The highest BCUT2D eigenvalue weighted by Crippen LogP contribution is 2.44. The molecule has 8 heteroatoms. The van der Waals surface area contributed by atoms with Gasteiger partial charge in [-0.05, 0) is 43.7 Å². The van der Waals surface area contributed by atoms with Crippen molar-refractivity contribution in [1.82, 2.24) is 0 Å². The Morgan fingerprint density at radius 2 is 1.64 bits per heavy atom. The van der Waals surface area contributed by atoms with Crippen molar-refractivity contribution in [3.8, 4) is 0 Å². The fraction of sp³-hybridized carbons (Fsp3) is 0.0800. The number of nitrogens with one attached hydrogen (secondary N) is 1. The summed E-state index contributed by atoms with van der Waals surface area (Å²) in [5, 5.41) is 3.92. The van der Waals surface area contributed by atoms with Crippen molar-refractivity contribution in [2.45, 2.75) is 23.6 Å². The number of rotatable bonds is 6. The van der Waals surface area contributed by atoms with E-state index in [1.54, 1.807) is 54.6 Å². The molecule has 3 N–H and O–H groups in total. The molecule has 0 radical (unpaired) electrons. The highest BCUT2D eigenvalue weighted by molar-refractivity contribution is 7.92. The Labute approximate surface area is 201 Å². The summed E-state index contributed by atoms with van der Waals surface area (Å²) in [7, 11) is -4.02. The van der Waals surface area contributed by atoms with Crippen molar-refractivity contribution < 1.29 is 13.2 Å². The van der Waals surface area contributed by atoms with Crippen LogP contribution in [-0.4, -0.2) is 14.2 Å². The Bertz CT molecular complexity index is 1450. The zero-order valence-corrected chi connectivity index (χ0v) is 20.3. The van der Waals surface area contributed by atoms with Crippen molar-refractivity contribution in [2.75, 3.05) is 11.1 Å². The molecule has 0 atom stereocenters. The zero-order chi connectivity index (χ0) is 23.8. The minimum atomic E-state index is -4.02. The monoisotopic (exact) mass is 496 g/mol. The molecule has 1 aromatic heterocycles. The van der Waals surface area contributed by atoms with Gasteiger partial charge in [0.1, 0.15) is 14.8 Å². The molecule has 0 amide bonds. The summed E-state index contributed by atoms with van der Waals surface area (Å²) < 4.78 is 27.3. The topological polar surface area (TPSA) is 89.3 Å². The van der Waals surface area contributed by atoms with E-state index in [4.69, 9.17) is 17.3 Å². The predicted molar refractivity (Wildman–Crippen MR) is 135 cm³/mol. The fourth-order valence-electron chi connectivity index (χ4n) is 3.35. The van der Waals surface area contributed by atoms with E-state index in [1.165, 1.54) is 12.1 Å². The average Bonchev–Trinajstić information content (AvgIpc) is 3.13. The summed E-state index contributed by atoms with van der Waals surface area (Å²) in [5.74, 6) is -0.339. The summed E-state index contributed by atoms with van der Waals surface area (Å²) in [6, 6.07) is 20.4. The van der Waals surface area contributed by atoms with Gasteiger partial charge in [-0.25, -0.2) is 8.42 Å². The molecule has 0 saturated heterocycles. The molecule has 3 aromatic carbocycles. The van der Waals surface area contributed by atoms with Gasteiger partial charge in [-0.3, -0.25) is 4.79 Å². The van der Waals surface area contributed by atoms with E-state index in [1.807, 2.05) is 19.9 Å². The molecule has 33 heavy (non-hydrogen) atoms. The Balaban J connectivity index is 1.91. The minimum absolute atomic E-state index is 0.0726. The van der Waals surface area contributed by atoms with Gasteiger partial charge >= 0.3 is 0 Å². The average molecular weight is 497 g/mol. The van der Waals surface area contributed by atoms with Crippen LogP contribution in [0.4, 0.5) is 16.4 Å². The lowest BCUT2D eigenvalue weighted by Gasteiger charge is -2.12. The Kier molecular flexibility index (Phi) is 6.30. The number of hydrogen-bond donors (Lipinski definition) is 2. The van der Waals surface area contributed by atoms with Crippen molar-refractivity contribution in [3.05, 3.63) is 99.4 Å². The molecule has 0 aliphatic carbocycles. The van der Waals surface area contributed by atoms with E-state index in [0.717, 1.165) is 22.5 Å². The Morgan fingerprint density at radius 1 is 0.970 bits per heavy atom. The number of thiophene rings is 1. The Hall–Kier alpha value is -3.13. The van der Waals surface area contributed by atoms with Gasteiger partial charge in [0.2, 0.25) is 15.6 Å². The molecule has 0 aliphatic rings. The van der Waals surface area contributed by atoms with Gasteiger partial charge in [0, 0.05) is 16.3 Å². The first kappa shape index (κ1) is 23.0. The van der Waals surface area contributed by atoms with Crippen molar-refractivity contribution in [1.29, 1.82) is 0 Å². The second-order valence-electron chi connectivity index (χ2n) is 7.60. The van der Waals surface area contributed by atoms with Crippen molar-refractivity contribution in [2.24, 2.45) is 0 Å². The molecule has 0 aliphatic heterocycles. The summed E-state index contributed by atoms with van der Waals surface area (Å²) in [6.07, 6.45) is 0. The highest BCUT2D eigenvalue weighted by Gasteiger charge is 2.31. The van der Waals surface area contributed by atoms with Crippen LogP contribution < -0.4 is 11.1 Å². The maximum absolute atomic E-state index is 13.7. The zero-order valence-electron chi connectivity index (χ0n) is 17.9. The summed E-state index contributed by atoms with van der Waals surface area (Å²) in [5.41, 5.74) is 9.14. The first-order valence-corrected chi connectivity index (χ1v) is 12.7. The number of sulfone groups is 1. The number of carbonyl (C=O) groups excluding carboxylic acids is 1. The maximum Gasteiger partial charge on any atom is 0.211 e. The van der Waals surface area contributed by atoms with Crippen molar-refractivity contribution >= 4 is 54.9 Å². The lowest BCUT2D eigenvalue weighted by Crippen LogP contribution is -2.08. The highest BCUT2D eigenvalue weighted by atomic mass is 35.5. The number of carbonyl (C=O) groups is 1. The second-order valence-corrected chi connectivity index (χ2v) is 10.9. The van der Waals surface area contributed by atoms with Crippen LogP contribution in [0.25, 0.3) is 0 Å². The standard InChI is InChI=1S/C25H21ClN2O3S2/c1-15-8-12-19(13-9-15)33(30,31)24-21(27)23(22(29)17-6-4-3-5-7-17)32-25(24)28-20-14-18(26)11-10-16(20)2/h3-14,28H,27H2,1-2H3. The third kappa shape index (κ3) is 4.53. The molecule has 1 heterocycles. The normalized spacial score (nSPS) is 11.4. The number of benzene rings is 3. The van der Waals surface area contributed by atoms with Gasteiger partial charge in [-0.15, -0.1) is 11.3 Å².